The van der Waals surface area contributed by atoms with E-state index in [-0.39, 0.29) is 54.1 Å². The molecule has 0 radical (unpaired) electrons. The number of benzene rings is 1. The molecule has 1 aromatic carbocycles. The average Bonchev–Trinajstić information content (AvgIpc) is 3.67. The van der Waals surface area contributed by atoms with Crippen molar-refractivity contribution in [3.05, 3.63) is 61.2 Å². The summed E-state index contributed by atoms with van der Waals surface area (Å²) in [6.07, 6.45) is 4.98. The van der Waals surface area contributed by atoms with Crippen LogP contribution in [-0.4, -0.2) is 92.4 Å². The Balaban J connectivity index is 1.75. The highest BCUT2D eigenvalue weighted by Gasteiger charge is 2.77. The van der Waals surface area contributed by atoms with Crippen LogP contribution in [-0.2, 0) is 28.7 Å². The Labute approximate surface area is 299 Å². The number of carbonyl (C=O) groups excluding carboxylic acids is 4. The highest BCUT2D eigenvalue weighted by atomic mass is 79.9. The van der Waals surface area contributed by atoms with E-state index in [4.69, 9.17) is 9.47 Å². The molecular formula is C38H54BrN3O7. The molecule has 3 saturated heterocycles. The van der Waals surface area contributed by atoms with E-state index in [1.165, 1.54) is 4.90 Å². The third-order valence-corrected chi connectivity index (χ3v) is 11.1. The molecule has 0 saturated carbocycles. The second kappa shape index (κ2) is 16.8. The molecule has 49 heavy (non-hydrogen) atoms. The molecule has 3 amide bonds. The molecule has 1 spiro atoms. The highest BCUT2D eigenvalue weighted by molar-refractivity contribution is 9.09. The number of halogens is 1. The van der Waals surface area contributed by atoms with Crippen LogP contribution in [0.1, 0.15) is 84.8 Å². The van der Waals surface area contributed by atoms with Gasteiger partial charge in [0.2, 0.25) is 17.7 Å². The van der Waals surface area contributed by atoms with E-state index >= 15 is 0 Å². The van der Waals surface area contributed by atoms with E-state index in [2.05, 4.69) is 41.3 Å². The lowest BCUT2D eigenvalue weighted by Gasteiger charge is -2.41. The zero-order valence-corrected chi connectivity index (χ0v) is 31.1. The summed E-state index contributed by atoms with van der Waals surface area (Å²) in [6, 6.07) is 6.77. The van der Waals surface area contributed by atoms with Crippen LogP contribution in [0.25, 0.3) is 0 Å². The predicted molar refractivity (Wildman–Crippen MR) is 191 cm³/mol. The number of hydrogen-bond acceptors (Lipinski definition) is 7. The first-order valence-electron chi connectivity index (χ1n) is 17.7. The standard InChI is InChI=1S/C38H54BrN3O7/c1-8-11-18-29(44)40-25(7)32(26-16-13-12-14-17-26)48-37(47)30-31-35(45)42(27(22-43)20-23(4)5)34(38(31)21-28(39)33(30)49-38)36(46)41(19-10-3)24(6)15-9-2/h8,10,12-14,16-17,23-25,27-28,30-34,43H,1,3,9,11,15,18-22H2,2,4-7H3,(H,40,44)/t24?,25-,27+,28?,30-,31+,32-,33-,34-,38+/m0/s1. The molecule has 3 heterocycles. The Hall–Kier alpha value is -3.02. The zero-order valence-electron chi connectivity index (χ0n) is 29.6. The number of esters is 1. The van der Waals surface area contributed by atoms with Crippen LogP contribution in [0.5, 0.6) is 0 Å². The summed E-state index contributed by atoms with van der Waals surface area (Å²) < 4.78 is 13.0. The van der Waals surface area contributed by atoms with Crippen molar-refractivity contribution < 1.29 is 33.8 Å². The normalized spacial score (nSPS) is 28.0. The van der Waals surface area contributed by atoms with Gasteiger partial charge < -0.3 is 29.7 Å². The van der Waals surface area contributed by atoms with Gasteiger partial charge in [0.1, 0.15) is 17.7 Å². The fourth-order valence-corrected chi connectivity index (χ4v) is 9.07. The van der Waals surface area contributed by atoms with Crippen molar-refractivity contribution in [1.29, 1.82) is 0 Å². The van der Waals surface area contributed by atoms with Crippen molar-refractivity contribution in [2.75, 3.05) is 13.2 Å². The molecule has 270 valence electrons. The Bertz CT molecular complexity index is 1360. The SMILES string of the molecule is C=CCCC(=O)N[C@@H](C)[C@H](OC(=O)[C@@H]1[C@H]2O[C@@]3(CC2Br)[C@H](C(=O)N(CC=C)C(C)CCC)N([C@@H](CO)CC(C)C)C(=O)[C@@H]13)c1ccccc1. The van der Waals surface area contributed by atoms with Crippen LogP contribution in [0.4, 0.5) is 0 Å². The summed E-state index contributed by atoms with van der Waals surface area (Å²) in [7, 11) is 0. The van der Waals surface area contributed by atoms with Gasteiger partial charge in [0.15, 0.2) is 0 Å². The van der Waals surface area contributed by atoms with Gasteiger partial charge in [0, 0.05) is 23.8 Å². The fourth-order valence-electron chi connectivity index (χ4n) is 8.13. The zero-order chi connectivity index (χ0) is 36.0. The largest absolute Gasteiger partial charge is 0.455 e. The lowest BCUT2D eigenvalue weighted by atomic mass is 9.70. The molecule has 10 nitrogen and oxygen atoms in total. The summed E-state index contributed by atoms with van der Waals surface area (Å²) in [5.74, 6) is -3.36. The van der Waals surface area contributed by atoms with Gasteiger partial charge in [-0.3, -0.25) is 19.2 Å². The Morgan fingerprint density at radius 1 is 1.18 bits per heavy atom. The average molecular weight is 745 g/mol. The third-order valence-electron chi connectivity index (χ3n) is 10.2. The highest BCUT2D eigenvalue weighted by Crippen LogP contribution is 2.61. The number of aliphatic hydroxyl groups excluding tert-OH is 1. The molecule has 11 heteroatoms. The van der Waals surface area contributed by atoms with Gasteiger partial charge in [0.25, 0.3) is 0 Å². The van der Waals surface area contributed by atoms with Crippen LogP contribution < -0.4 is 5.32 Å². The number of rotatable bonds is 18. The maximum absolute atomic E-state index is 14.8. The molecule has 2 N–H and O–H groups in total. The first kappa shape index (κ1) is 38.8. The van der Waals surface area contributed by atoms with E-state index in [9.17, 15) is 24.3 Å². The minimum atomic E-state index is -1.31. The molecule has 0 aromatic heterocycles. The molecule has 2 bridgehead atoms. The summed E-state index contributed by atoms with van der Waals surface area (Å²) in [5.41, 5.74) is -0.615. The predicted octanol–water partition coefficient (Wildman–Crippen LogP) is 5.10. The van der Waals surface area contributed by atoms with Crippen LogP contribution in [0.3, 0.4) is 0 Å². The number of alkyl halides is 1. The number of nitrogens with one attached hydrogen (secondary N) is 1. The van der Waals surface area contributed by atoms with Gasteiger partial charge in [-0.05, 0) is 51.0 Å². The number of ether oxygens (including phenoxy) is 2. The molecule has 2 unspecified atom stereocenters. The van der Waals surface area contributed by atoms with E-state index in [0.29, 0.717) is 24.8 Å². The lowest BCUT2D eigenvalue weighted by molar-refractivity contribution is -0.162. The van der Waals surface area contributed by atoms with Crippen molar-refractivity contribution in [2.24, 2.45) is 17.8 Å². The van der Waals surface area contributed by atoms with Crippen molar-refractivity contribution >= 4 is 39.6 Å². The summed E-state index contributed by atoms with van der Waals surface area (Å²) in [5, 5.41) is 13.6. The Kier molecular flexibility index (Phi) is 13.3. The van der Waals surface area contributed by atoms with Gasteiger partial charge in [-0.1, -0.05) is 85.6 Å². The number of fused-ring (bicyclic) bond motifs is 1. The first-order chi connectivity index (χ1) is 23.4. The van der Waals surface area contributed by atoms with Crippen molar-refractivity contribution in [3.8, 4) is 0 Å². The topological polar surface area (TPSA) is 125 Å². The monoisotopic (exact) mass is 743 g/mol. The van der Waals surface area contributed by atoms with Gasteiger partial charge >= 0.3 is 5.97 Å². The van der Waals surface area contributed by atoms with Crippen molar-refractivity contribution in [2.45, 2.75) is 120 Å². The number of aliphatic hydroxyl groups is 1. The number of amides is 3. The van der Waals surface area contributed by atoms with Crippen LogP contribution in [0.2, 0.25) is 0 Å². The smallest absolute Gasteiger partial charge is 0.313 e. The molecular weight excluding hydrogens is 690 g/mol. The number of likely N-dealkylation sites (tertiary alicyclic amines) is 1. The second-order valence-electron chi connectivity index (χ2n) is 14.2. The minimum Gasteiger partial charge on any atom is -0.455 e. The summed E-state index contributed by atoms with van der Waals surface area (Å²) in [4.78, 5) is 59.7. The third kappa shape index (κ3) is 7.84. The summed E-state index contributed by atoms with van der Waals surface area (Å²) in [6.45, 7) is 17.4. The maximum atomic E-state index is 14.8. The van der Waals surface area contributed by atoms with Gasteiger partial charge in [-0.15, -0.1) is 13.2 Å². The second-order valence-corrected chi connectivity index (χ2v) is 15.4. The number of carbonyl (C=O) groups is 4. The van der Waals surface area contributed by atoms with E-state index in [0.717, 1.165) is 12.8 Å². The van der Waals surface area contributed by atoms with Crippen LogP contribution in [0.15, 0.2) is 55.6 Å². The fraction of sp³-hybridized carbons (Fsp3) is 0.632. The molecule has 10 atom stereocenters. The maximum Gasteiger partial charge on any atom is 0.313 e. The van der Waals surface area contributed by atoms with E-state index in [1.807, 2.05) is 51.1 Å². The van der Waals surface area contributed by atoms with Gasteiger partial charge in [-0.2, -0.15) is 0 Å². The quantitative estimate of drug-likeness (QED) is 0.122. The number of allylic oxidation sites excluding steroid dienone is 1. The molecule has 3 fully saturated rings. The van der Waals surface area contributed by atoms with Gasteiger partial charge in [0.05, 0.1) is 36.6 Å². The first-order valence-corrected chi connectivity index (χ1v) is 18.6. The minimum absolute atomic E-state index is 0.124. The van der Waals surface area contributed by atoms with E-state index in [1.54, 1.807) is 24.0 Å². The summed E-state index contributed by atoms with van der Waals surface area (Å²) >= 11 is 3.75. The Morgan fingerprint density at radius 3 is 2.47 bits per heavy atom. The number of hydrogen-bond donors (Lipinski definition) is 2. The van der Waals surface area contributed by atoms with Crippen molar-refractivity contribution in [3.63, 3.8) is 0 Å². The van der Waals surface area contributed by atoms with Crippen molar-refractivity contribution in [1.82, 2.24) is 15.1 Å². The molecule has 1 aromatic rings. The molecule has 4 rings (SSSR count). The lowest BCUT2D eigenvalue weighted by Crippen LogP contribution is -2.60. The van der Waals surface area contributed by atoms with Crippen LogP contribution in [0, 0.1) is 17.8 Å². The molecule has 3 aliphatic heterocycles. The number of nitrogens with zero attached hydrogens (tertiary/aromatic N) is 2. The van der Waals surface area contributed by atoms with E-state index < -0.39 is 53.7 Å². The van der Waals surface area contributed by atoms with Crippen LogP contribution >= 0.6 is 15.9 Å². The molecule has 3 aliphatic rings. The molecule has 0 aliphatic carbocycles. The Morgan fingerprint density at radius 2 is 1.88 bits per heavy atom. The van der Waals surface area contributed by atoms with Gasteiger partial charge in [-0.25, -0.2) is 0 Å².